The molecule has 1 rings (SSSR count). The summed E-state index contributed by atoms with van der Waals surface area (Å²) in [6.07, 6.45) is 4.75. The number of hydrogen-bond acceptors (Lipinski definition) is 1. The van der Waals surface area contributed by atoms with Crippen LogP contribution in [0.5, 0.6) is 0 Å². The highest BCUT2D eigenvalue weighted by atomic mass is 14.6. The molecule has 1 aliphatic carbocycles. The molecule has 0 fully saturated rings. The van der Waals surface area contributed by atoms with E-state index in [9.17, 15) is 0 Å². The summed E-state index contributed by atoms with van der Waals surface area (Å²) in [4.78, 5) is 0. The van der Waals surface area contributed by atoms with Gasteiger partial charge in [0.1, 0.15) is 0 Å². The Morgan fingerprint density at radius 3 is 2.50 bits per heavy atom. The normalized spacial score (nSPS) is 25.1. The van der Waals surface area contributed by atoms with Gasteiger partial charge in [-0.2, -0.15) is 0 Å². The summed E-state index contributed by atoms with van der Waals surface area (Å²) in [5.41, 5.74) is 7.79. The van der Waals surface area contributed by atoms with Crippen molar-refractivity contribution in [2.75, 3.05) is 0 Å². The molecule has 0 aromatic carbocycles. The van der Waals surface area contributed by atoms with Gasteiger partial charge in [0.25, 0.3) is 0 Å². The quantitative estimate of drug-likeness (QED) is 0.643. The molecule has 0 heterocycles. The number of hydrogen-bond donors (Lipinski definition) is 1. The molecule has 0 bridgehead atoms. The van der Waals surface area contributed by atoms with Crippen molar-refractivity contribution in [1.29, 1.82) is 0 Å². The summed E-state index contributed by atoms with van der Waals surface area (Å²) < 4.78 is 0. The molecule has 0 aromatic heterocycles. The molecular weight excluding hydrogens is 146 g/mol. The molecule has 0 spiro atoms. The lowest BCUT2D eigenvalue weighted by molar-refractivity contribution is 0.406. The highest BCUT2D eigenvalue weighted by molar-refractivity contribution is 5.30. The second kappa shape index (κ2) is 3.21. The average molecular weight is 167 g/mol. The van der Waals surface area contributed by atoms with Gasteiger partial charge in [-0.05, 0) is 31.1 Å². The van der Waals surface area contributed by atoms with Crippen molar-refractivity contribution < 1.29 is 0 Å². The van der Waals surface area contributed by atoms with E-state index in [-0.39, 0.29) is 0 Å². The van der Waals surface area contributed by atoms with Crippen molar-refractivity contribution in [2.24, 2.45) is 17.1 Å². The van der Waals surface area contributed by atoms with Crippen molar-refractivity contribution in [3.05, 3.63) is 11.6 Å². The molecule has 0 amide bonds. The standard InChI is InChI=1S/C11H21N/c1-8(12)5-9-6-10(9)7-11(2,3)4/h6,8-9H,5,7,12H2,1-4H3. The molecule has 2 unspecified atom stereocenters. The maximum atomic E-state index is 5.73. The van der Waals surface area contributed by atoms with Crippen LogP contribution < -0.4 is 5.73 Å². The van der Waals surface area contributed by atoms with Gasteiger partial charge < -0.3 is 5.73 Å². The molecule has 0 saturated carbocycles. The molecular formula is C11H21N. The van der Waals surface area contributed by atoms with Crippen LogP contribution >= 0.6 is 0 Å². The zero-order chi connectivity index (χ0) is 9.35. The largest absolute Gasteiger partial charge is 0.328 e. The van der Waals surface area contributed by atoms with Crippen molar-refractivity contribution >= 4 is 0 Å². The van der Waals surface area contributed by atoms with Gasteiger partial charge in [0.15, 0.2) is 0 Å². The van der Waals surface area contributed by atoms with Crippen LogP contribution in [0.15, 0.2) is 11.6 Å². The van der Waals surface area contributed by atoms with Crippen LogP contribution in [-0.2, 0) is 0 Å². The Hall–Kier alpha value is -0.300. The molecule has 0 aliphatic heterocycles. The Morgan fingerprint density at radius 2 is 2.08 bits per heavy atom. The Bertz CT molecular complexity index is 184. The van der Waals surface area contributed by atoms with Crippen LogP contribution in [0.3, 0.4) is 0 Å². The maximum absolute atomic E-state index is 5.73. The van der Waals surface area contributed by atoms with Gasteiger partial charge in [-0.25, -0.2) is 0 Å². The molecule has 70 valence electrons. The molecule has 1 aliphatic rings. The van der Waals surface area contributed by atoms with Gasteiger partial charge in [0, 0.05) is 6.04 Å². The van der Waals surface area contributed by atoms with Crippen molar-refractivity contribution in [1.82, 2.24) is 0 Å². The van der Waals surface area contributed by atoms with Crippen LogP contribution in [0.25, 0.3) is 0 Å². The fraction of sp³-hybridized carbons (Fsp3) is 0.818. The van der Waals surface area contributed by atoms with Gasteiger partial charge in [-0.1, -0.05) is 32.4 Å². The fourth-order valence-corrected chi connectivity index (χ4v) is 1.63. The summed E-state index contributed by atoms with van der Waals surface area (Å²) in [7, 11) is 0. The van der Waals surface area contributed by atoms with Crippen LogP contribution in [-0.4, -0.2) is 6.04 Å². The van der Waals surface area contributed by atoms with Crippen LogP contribution in [0.4, 0.5) is 0 Å². The Kier molecular flexibility index (Phi) is 2.62. The van der Waals surface area contributed by atoms with E-state index in [0.717, 1.165) is 12.3 Å². The number of allylic oxidation sites excluding steroid dienone is 2. The molecule has 0 aromatic rings. The van der Waals surface area contributed by atoms with Gasteiger partial charge in [0.05, 0.1) is 0 Å². The van der Waals surface area contributed by atoms with E-state index in [4.69, 9.17) is 5.73 Å². The third kappa shape index (κ3) is 3.40. The summed E-state index contributed by atoms with van der Waals surface area (Å²) in [6.45, 7) is 8.94. The minimum atomic E-state index is 0.351. The lowest BCUT2D eigenvalue weighted by Gasteiger charge is -2.17. The van der Waals surface area contributed by atoms with E-state index in [2.05, 4.69) is 33.8 Å². The van der Waals surface area contributed by atoms with Gasteiger partial charge in [0.2, 0.25) is 0 Å². The van der Waals surface area contributed by atoms with Crippen LogP contribution in [0, 0.1) is 11.3 Å². The van der Waals surface area contributed by atoms with Crippen molar-refractivity contribution in [2.45, 2.75) is 46.6 Å². The average Bonchev–Trinajstić information content (AvgIpc) is 2.40. The summed E-state index contributed by atoms with van der Waals surface area (Å²) >= 11 is 0. The van der Waals surface area contributed by atoms with E-state index in [1.54, 1.807) is 5.57 Å². The third-order valence-electron chi connectivity index (χ3n) is 2.14. The zero-order valence-corrected chi connectivity index (χ0v) is 8.72. The first kappa shape index (κ1) is 9.79. The summed E-state index contributed by atoms with van der Waals surface area (Å²) in [6, 6.07) is 0.351. The molecule has 0 saturated heterocycles. The molecule has 1 heteroatoms. The monoisotopic (exact) mass is 167 g/mol. The SMILES string of the molecule is CC(N)CC1C=C1CC(C)(C)C. The lowest BCUT2D eigenvalue weighted by Crippen LogP contribution is -2.16. The number of nitrogens with two attached hydrogens (primary N) is 1. The molecule has 1 nitrogen and oxygen atoms in total. The van der Waals surface area contributed by atoms with Crippen molar-refractivity contribution in [3.8, 4) is 0 Å². The summed E-state index contributed by atoms with van der Waals surface area (Å²) in [5, 5.41) is 0. The topological polar surface area (TPSA) is 26.0 Å². The van der Waals surface area contributed by atoms with Crippen molar-refractivity contribution in [3.63, 3.8) is 0 Å². The molecule has 12 heavy (non-hydrogen) atoms. The smallest absolute Gasteiger partial charge is 0.00191 e. The first-order valence-electron chi connectivity index (χ1n) is 4.84. The minimum Gasteiger partial charge on any atom is -0.328 e. The predicted molar refractivity (Wildman–Crippen MR) is 53.9 cm³/mol. The first-order chi connectivity index (χ1) is 5.38. The van der Waals surface area contributed by atoms with E-state index in [0.29, 0.717) is 11.5 Å². The van der Waals surface area contributed by atoms with E-state index < -0.39 is 0 Å². The van der Waals surface area contributed by atoms with Crippen LogP contribution in [0.1, 0.15) is 40.5 Å². The third-order valence-corrected chi connectivity index (χ3v) is 2.14. The van der Waals surface area contributed by atoms with E-state index >= 15 is 0 Å². The molecule has 2 atom stereocenters. The Morgan fingerprint density at radius 1 is 1.50 bits per heavy atom. The van der Waals surface area contributed by atoms with E-state index in [1.807, 2.05) is 0 Å². The summed E-state index contributed by atoms with van der Waals surface area (Å²) in [5.74, 6) is 0.740. The van der Waals surface area contributed by atoms with Gasteiger partial charge >= 0.3 is 0 Å². The lowest BCUT2D eigenvalue weighted by atomic mass is 9.89. The highest BCUT2D eigenvalue weighted by Crippen LogP contribution is 2.40. The second-order valence-corrected chi connectivity index (χ2v) is 5.30. The molecule has 0 radical (unpaired) electrons. The predicted octanol–water partition coefficient (Wildman–Crippen LogP) is 2.72. The van der Waals surface area contributed by atoms with Crippen LogP contribution in [0.2, 0.25) is 0 Å². The second-order valence-electron chi connectivity index (χ2n) is 5.30. The maximum Gasteiger partial charge on any atom is 0.00191 e. The van der Waals surface area contributed by atoms with Gasteiger partial charge in [-0.3, -0.25) is 0 Å². The fourth-order valence-electron chi connectivity index (χ4n) is 1.63. The Labute approximate surface area is 76.0 Å². The van der Waals surface area contributed by atoms with Gasteiger partial charge in [-0.15, -0.1) is 0 Å². The highest BCUT2D eigenvalue weighted by Gasteiger charge is 2.28. The van der Waals surface area contributed by atoms with E-state index in [1.165, 1.54) is 6.42 Å². The number of rotatable bonds is 3. The molecule has 2 N–H and O–H groups in total. The first-order valence-corrected chi connectivity index (χ1v) is 4.84. The minimum absolute atomic E-state index is 0.351. The zero-order valence-electron chi connectivity index (χ0n) is 8.72. The Balaban J connectivity index is 2.20.